The summed E-state index contributed by atoms with van der Waals surface area (Å²) >= 11 is 0. The lowest BCUT2D eigenvalue weighted by atomic mass is 9.94. The van der Waals surface area contributed by atoms with Gasteiger partial charge in [0.25, 0.3) is 11.6 Å². The van der Waals surface area contributed by atoms with Crippen molar-refractivity contribution in [2.24, 2.45) is 11.8 Å². The average molecular weight is 498 g/mol. The average Bonchev–Trinajstić information content (AvgIpc) is 3.18. The molecule has 0 spiro atoms. The van der Waals surface area contributed by atoms with Crippen LogP contribution in [0, 0.1) is 28.9 Å². The van der Waals surface area contributed by atoms with Crippen LogP contribution in [0.4, 0.5) is 11.5 Å². The van der Waals surface area contributed by atoms with Crippen LogP contribution in [0.25, 0.3) is 5.69 Å². The molecule has 0 bridgehead atoms. The highest BCUT2D eigenvalue weighted by Gasteiger charge is 2.31. The standard InChI is InChI=1S/C24H27N5O5S/c1-16-12-17(2)15-27(14-16)35(33,34)22-10-4-19(5-11-22)24(30)25-23-13-18(3)26-28(23)20-6-8-21(9-7-20)29(31)32/h4-11,13,16-17H,12,14-15H2,1-3H3,(H,25,30). The second-order valence-corrected chi connectivity index (χ2v) is 11.0. The van der Waals surface area contributed by atoms with Crippen LogP contribution in [0.15, 0.2) is 59.5 Å². The van der Waals surface area contributed by atoms with Crippen molar-refractivity contribution in [2.75, 3.05) is 18.4 Å². The van der Waals surface area contributed by atoms with Crippen molar-refractivity contribution in [3.63, 3.8) is 0 Å². The first-order chi connectivity index (χ1) is 16.5. The Hall–Kier alpha value is -3.57. The zero-order chi connectivity index (χ0) is 25.3. The predicted molar refractivity (Wildman–Crippen MR) is 131 cm³/mol. The summed E-state index contributed by atoms with van der Waals surface area (Å²) in [5.41, 5.74) is 1.43. The molecule has 11 heteroatoms. The van der Waals surface area contributed by atoms with E-state index >= 15 is 0 Å². The Kier molecular flexibility index (Phi) is 6.73. The number of sulfonamides is 1. The van der Waals surface area contributed by atoms with E-state index in [0.29, 0.717) is 47.7 Å². The molecule has 35 heavy (non-hydrogen) atoms. The molecular formula is C24H27N5O5S. The largest absolute Gasteiger partial charge is 0.306 e. The first-order valence-corrected chi connectivity index (χ1v) is 12.7. The zero-order valence-corrected chi connectivity index (χ0v) is 20.5. The van der Waals surface area contributed by atoms with E-state index in [1.807, 2.05) is 0 Å². The number of anilines is 1. The van der Waals surface area contributed by atoms with Gasteiger partial charge in [-0.1, -0.05) is 13.8 Å². The van der Waals surface area contributed by atoms with E-state index in [9.17, 15) is 23.3 Å². The molecule has 0 radical (unpaired) electrons. The van der Waals surface area contributed by atoms with Gasteiger partial charge in [0.05, 0.1) is 21.2 Å². The lowest BCUT2D eigenvalue weighted by molar-refractivity contribution is -0.384. The summed E-state index contributed by atoms with van der Waals surface area (Å²) in [7, 11) is -3.64. The number of non-ortho nitro benzene ring substituents is 1. The highest BCUT2D eigenvalue weighted by atomic mass is 32.2. The van der Waals surface area contributed by atoms with Crippen molar-refractivity contribution in [2.45, 2.75) is 32.1 Å². The van der Waals surface area contributed by atoms with E-state index in [1.54, 1.807) is 25.1 Å². The van der Waals surface area contributed by atoms with Gasteiger partial charge in [-0.15, -0.1) is 0 Å². The van der Waals surface area contributed by atoms with Gasteiger partial charge in [-0.05, 0) is 61.6 Å². The van der Waals surface area contributed by atoms with E-state index in [-0.39, 0.29) is 10.6 Å². The summed E-state index contributed by atoms with van der Waals surface area (Å²) in [6.07, 6.45) is 1.00. The third-order valence-electron chi connectivity index (χ3n) is 5.97. The molecule has 4 rings (SSSR count). The maximum Gasteiger partial charge on any atom is 0.269 e. The van der Waals surface area contributed by atoms with Gasteiger partial charge in [0.15, 0.2) is 0 Å². The minimum absolute atomic E-state index is 0.0493. The van der Waals surface area contributed by atoms with E-state index < -0.39 is 20.9 Å². The molecule has 1 amide bonds. The van der Waals surface area contributed by atoms with Crippen LogP contribution >= 0.6 is 0 Å². The molecule has 0 aliphatic carbocycles. The van der Waals surface area contributed by atoms with E-state index in [1.165, 1.54) is 45.4 Å². The second kappa shape index (κ2) is 9.59. The maximum absolute atomic E-state index is 13.1. The third kappa shape index (κ3) is 5.25. The fraction of sp³-hybridized carbons (Fsp3) is 0.333. The summed E-state index contributed by atoms with van der Waals surface area (Å²) in [5, 5.41) is 18.1. The summed E-state index contributed by atoms with van der Waals surface area (Å²) < 4.78 is 29.2. The lowest BCUT2D eigenvalue weighted by Gasteiger charge is -2.34. The van der Waals surface area contributed by atoms with E-state index in [0.717, 1.165) is 6.42 Å². The number of nitro groups is 1. The number of carbonyl (C=O) groups is 1. The SMILES string of the molecule is Cc1cc(NC(=O)c2ccc(S(=O)(=O)N3CC(C)CC(C)C3)cc2)n(-c2ccc([N+](=O)[O-])cc2)n1. The van der Waals surface area contributed by atoms with Crippen LogP contribution in [0.5, 0.6) is 0 Å². The number of nitrogens with zero attached hydrogens (tertiary/aromatic N) is 4. The Morgan fingerprint density at radius 3 is 2.23 bits per heavy atom. The molecule has 1 saturated heterocycles. The molecule has 2 heterocycles. The molecule has 1 N–H and O–H groups in total. The summed E-state index contributed by atoms with van der Waals surface area (Å²) in [4.78, 5) is 23.5. The van der Waals surface area contributed by atoms with Gasteiger partial charge in [-0.3, -0.25) is 14.9 Å². The molecule has 2 atom stereocenters. The van der Waals surface area contributed by atoms with Crippen LogP contribution in [0.2, 0.25) is 0 Å². The van der Waals surface area contributed by atoms with Crippen molar-refractivity contribution in [1.82, 2.24) is 14.1 Å². The molecule has 1 aromatic heterocycles. The topological polar surface area (TPSA) is 127 Å². The van der Waals surface area contributed by atoms with Crippen molar-refractivity contribution < 1.29 is 18.1 Å². The molecule has 1 aliphatic heterocycles. The van der Waals surface area contributed by atoms with Crippen LogP contribution in [-0.2, 0) is 10.0 Å². The molecule has 1 aliphatic rings. The van der Waals surface area contributed by atoms with Crippen LogP contribution in [0.1, 0.15) is 36.3 Å². The number of benzene rings is 2. The highest BCUT2D eigenvalue weighted by molar-refractivity contribution is 7.89. The van der Waals surface area contributed by atoms with Gasteiger partial charge in [-0.2, -0.15) is 9.40 Å². The third-order valence-corrected chi connectivity index (χ3v) is 7.81. The van der Waals surface area contributed by atoms with Gasteiger partial charge in [0, 0.05) is 36.9 Å². The molecule has 1 fully saturated rings. The number of aryl methyl sites for hydroxylation is 1. The van der Waals surface area contributed by atoms with E-state index in [4.69, 9.17) is 0 Å². The summed E-state index contributed by atoms with van der Waals surface area (Å²) in [6.45, 7) is 6.84. The number of amides is 1. The first kappa shape index (κ1) is 24.6. The van der Waals surface area contributed by atoms with Crippen molar-refractivity contribution in [1.29, 1.82) is 0 Å². The number of aromatic nitrogens is 2. The second-order valence-electron chi connectivity index (χ2n) is 9.10. The Bertz CT molecular complexity index is 1340. The minimum atomic E-state index is -3.64. The fourth-order valence-electron chi connectivity index (χ4n) is 4.42. The minimum Gasteiger partial charge on any atom is -0.306 e. The number of hydrogen-bond donors (Lipinski definition) is 1. The molecule has 0 saturated carbocycles. The van der Waals surface area contributed by atoms with Crippen molar-refractivity contribution >= 4 is 27.4 Å². The lowest BCUT2D eigenvalue weighted by Crippen LogP contribution is -2.42. The molecular weight excluding hydrogens is 470 g/mol. The van der Waals surface area contributed by atoms with Gasteiger partial charge in [0.1, 0.15) is 5.82 Å². The maximum atomic E-state index is 13.1. The normalized spacial score (nSPS) is 18.8. The van der Waals surface area contributed by atoms with E-state index in [2.05, 4.69) is 24.3 Å². The highest BCUT2D eigenvalue weighted by Crippen LogP contribution is 2.27. The number of piperidine rings is 1. The molecule has 184 valence electrons. The Morgan fingerprint density at radius 1 is 1.06 bits per heavy atom. The Balaban J connectivity index is 1.52. The molecule has 3 aromatic rings. The summed E-state index contributed by atoms with van der Waals surface area (Å²) in [5.74, 6) is 0.539. The first-order valence-electron chi connectivity index (χ1n) is 11.3. The quantitative estimate of drug-likeness (QED) is 0.405. The Morgan fingerprint density at radius 2 is 1.66 bits per heavy atom. The number of nitrogens with one attached hydrogen (secondary N) is 1. The van der Waals surface area contributed by atoms with Crippen molar-refractivity contribution in [3.8, 4) is 5.69 Å². The zero-order valence-electron chi connectivity index (χ0n) is 19.7. The van der Waals surface area contributed by atoms with Gasteiger partial charge in [0.2, 0.25) is 10.0 Å². The number of rotatable bonds is 6. The van der Waals surface area contributed by atoms with Gasteiger partial charge >= 0.3 is 0 Å². The van der Waals surface area contributed by atoms with Gasteiger partial charge < -0.3 is 5.32 Å². The Labute approximate surface area is 203 Å². The number of carbonyl (C=O) groups excluding carboxylic acids is 1. The van der Waals surface area contributed by atoms with Crippen LogP contribution < -0.4 is 5.32 Å². The van der Waals surface area contributed by atoms with Crippen molar-refractivity contribution in [3.05, 3.63) is 76.0 Å². The monoisotopic (exact) mass is 497 g/mol. The van der Waals surface area contributed by atoms with Gasteiger partial charge in [-0.25, -0.2) is 13.1 Å². The molecule has 10 nitrogen and oxygen atoms in total. The smallest absolute Gasteiger partial charge is 0.269 e. The number of hydrogen-bond acceptors (Lipinski definition) is 6. The predicted octanol–water partition coefficient (Wildman–Crippen LogP) is 4.01. The number of nitro benzene ring substituents is 1. The van der Waals surface area contributed by atoms with Crippen LogP contribution in [-0.4, -0.2) is 46.4 Å². The molecule has 2 unspecified atom stereocenters. The summed E-state index contributed by atoms with van der Waals surface area (Å²) in [6, 6.07) is 13.4. The van der Waals surface area contributed by atoms with Crippen LogP contribution in [0.3, 0.4) is 0 Å². The fourth-order valence-corrected chi connectivity index (χ4v) is 6.10. The molecule has 2 aromatic carbocycles.